The highest BCUT2D eigenvalue weighted by molar-refractivity contribution is 9.11. The number of rotatable bonds is 0. The summed E-state index contributed by atoms with van der Waals surface area (Å²) in [6, 6.07) is 0. The molecule has 0 aliphatic rings. The van der Waals surface area contributed by atoms with Crippen molar-refractivity contribution < 1.29 is 0 Å². The van der Waals surface area contributed by atoms with Gasteiger partial charge >= 0.3 is 0 Å². The molecule has 0 spiro atoms. The predicted octanol–water partition coefficient (Wildman–Crippen LogP) is 0.699. The van der Waals surface area contributed by atoms with Crippen molar-refractivity contribution in [3.8, 4) is 0 Å². The number of aromatic nitrogens is 1. The summed E-state index contributed by atoms with van der Waals surface area (Å²) in [4.78, 5) is 3.82. The van der Waals surface area contributed by atoms with Crippen LogP contribution in [0.3, 0.4) is 0 Å². The van der Waals surface area contributed by atoms with Crippen LogP contribution in [0.2, 0.25) is 0 Å². The van der Waals surface area contributed by atoms with Crippen molar-refractivity contribution in [3.63, 3.8) is 0 Å². The lowest BCUT2D eigenvalue weighted by molar-refractivity contribution is 1.44. The molecule has 1 nitrogen and oxygen atoms in total. The average Bonchev–Trinajstić information content (AvgIpc) is 1.87. The Balaban J connectivity index is 3.04. The number of nitrogens with zero attached hydrogens (tertiary/aromatic N) is 1. The number of hydrogen-bond acceptors (Lipinski definition) is 2. The van der Waals surface area contributed by atoms with Gasteiger partial charge in [0.1, 0.15) is 7.85 Å². The van der Waals surface area contributed by atoms with E-state index in [4.69, 9.17) is 7.85 Å². The molecule has 4 heteroatoms. The Hall–Kier alpha value is 0.175. The first-order valence-electron chi connectivity index (χ1n) is 1.65. The lowest BCUT2D eigenvalue weighted by atomic mass is 10.1. The molecule has 1 rings (SSSR count). The molecular weight excluding hydrogens is 173 g/mol. The van der Waals surface area contributed by atoms with Crippen molar-refractivity contribution in [3.05, 3.63) is 9.30 Å². The summed E-state index contributed by atoms with van der Waals surface area (Å²) in [5.74, 6) is 0. The second-order valence-electron chi connectivity index (χ2n) is 1.03. The van der Waals surface area contributed by atoms with E-state index >= 15 is 0 Å². The van der Waals surface area contributed by atoms with Gasteiger partial charge in [-0.1, -0.05) is 0 Å². The minimum Gasteiger partial charge on any atom is -0.246 e. The molecule has 2 radical (unpaired) electrons. The van der Waals surface area contributed by atoms with E-state index in [2.05, 4.69) is 20.9 Å². The van der Waals surface area contributed by atoms with Gasteiger partial charge in [0.2, 0.25) is 0 Å². The summed E-state index contributed by atoms with van der Waals surface area (Å²) in [5.41, 5.74) is 0.580. The van der Waals surface area contributed by atoms with Crippen LogP contribution in [0.25, 0.3) is 0 Å². The molecule has 0 saturated carbocycles. The summed E-state index contributed by atoms with van der Waals surface area (Å²) < 4.78 is 0.838. The highest BCUT2D eigenvalue weighted by Gasteiger charge is 1.87. The van der Waals surface area contributed by atoms with E-state index in [1.165, 1.54) is 11.3 Å². The third-order valence-corrected chi connectivity index (χ3v) is 1.88. The molecule has 0 fully saturated rings. The maximum absolute atomic E-state index is 5.25. The molecule has 34 valence electrons. The summed E-state index contributed by atoms with van der Waals surface area (Å²) in [5, 5.41) is 1.78. The average molecular weight is 174 g/mol. The van der Waals surface area contributed by atoms with Crippen molar-refractivity contribution in [2.24, 2.45) is 0 Å². The molecule has 1 aromatic rings. The molecule has 0 aliphatic heterocycles. The number of hydrogen-bond donors (Lipinski definition) is 0. The first-order chi connectivity index (χ1) is 3.29. The lowest BCUT2D eigenvalue weighted by Crippen LogP contribution is -1.99. The highest BCUT2D eigenvalue weighted by atomic mass is 79.9. The molecule has 0 saturated heterocycles. The molecule has 7 heavy (non-hydrogen) atoms. The third kappa shape index (κ3) is 1.28. The summed E-state index contributed by atoms with van der Waals surface area (Å²) in [6.45, 7) is 0. The standard InChI is InChI=1S/C3HBBrNS/c4-2-1-7-3(5)6-2/h1H. The first-order valence-corrected chi connectivity index (χ1v) is 3.33. The zero-order chi connectivity index (χ0) is 5.28. The van der Waals surface area contributed by atoms with Crippen LogP contribution in [0.1, 0.15) is 0 Å². The van der Waals surface area contributed by atoms with E-state index < -0.39 is 0 Å². The summed E-state index contributed by atoms with van der Waals surface area (Å²) in [6.07, 6.45) is 0. The topological polar surface area (TPSA) is 12.9 Å². The molecule has 0 bridgehead atoms. The quantitative estimate of drug-likeness (QED) is 0.527. The van der Waals surface area contributed by atoms with Crippen LogP contribution in [-0.2, 0) is 0 Å². The van der Waals surface area contributed by atoms with E-state index in [0.717, 1.165) is 3.92 Å². The van der Waals surface area contributed by atoms with Crippen LogP contribution in [0.5, 0.6) is 0 Å². The Morgan fingerprint density at radius 2 is 2.57 bits per heavy atom. The van der Waals surface area contributed by atoms with Crippen molar-refractivity contribution in [2.45, 2.75) is 0 Å². The molecular formula is C3HBBrNS. The monoisotopic (exact) mass is 173 g/mol. The van der Waals surface area contributed by atoms with Crippen molar-refractivity contribution in [2.75, 3.05) is 0 Å². The largest absolute Gasteiger partial charge is 0.246 e. The van der Waals surface area contributed by atoms with Crippen LogP contribution in [0.15, 0.2) is 9.30 Å². The molecule has 0 amide bonds. The fourth-order valence-corrected chi connectivity index (χ4v) is 1.18. The second-order valence-corrected chi connectivity index (χ2v) is 3.16. The molecule has 0 N–H and O–H groups in total. The minimum absolute atomic E-state index is 0.580. The minimum atomic E-state index is 0.580. The fourth-order valence-electron chi connectivity index (χ4n) is 0.263. The normalized spacial score (nSPS) is 9.29. The van der Waals surface area contributed by atoms with Gasteiger partial charge in [-0.25, -0.2) is 4.98 Å². The second kappa shape index (κ2) is 1.96. The van der Waals surface area contributed by atoms with Crippen molar-refractivity contribution in [1.29, 1.82) is 0 Å². The maximum atomic E-state index is 5.25. The SMILES string of the molecule is [B]c1csc(Br)n1. The van der Waals surface area contributed by atoms with Crippen LogP contribution in [0.4, 0.5) is 0 Å². The van der Waals surface area contributed by atoms with Crippen LogP contribution < -0.4 is 5.59 Å². The summed E-state index contributed by atoms with van der Waals surface area (Å²) in [7, 11) is 5.25. The molecule has 1 aromatic heterocycles. The maximum Gasteiger partial charge on any atom is 0.158 e. The zero-order valence-corrected chi connectivity index (χ0v) is 5.79. The Morgan fingerprint density at radius 3 is 2.71 bits per heavy atom. The Labute approximate surface area is 55.3 Å². The summed E-state index contributed by atoms with van der Waals surface area (Å²) >= 11 is 4.64. The van der Waals surface area contributed by atoms with Gasteiger partial charge in [0, 0.05) is 5.38 Å². The lowest BCUT2D eigenvalue weighted by Gasteiger charge is -1.69. The Morgan fingerprint density at radius 1 is 1.86 bits per heavy atom. The van der Waals surface area contributed by atoms with E-state index in [9.17, 15) is 0 Å². The zero-order valence-electron chi connectivity index (χ0n) is 3.39. The molecule has 1 heterocycles. The number of thiazole rings is 1. The molecule has 0 aliphatic carbocycles. The van der Waals surface area contributed by atoms with Crippen LogP contribution in [-0.4, -0.2) is 12.8 Å². The van der Waals surface area contributed by atoms with Gasteiger partial charge in [-0.2, -0.15) is 0 Å². The molecule has 0 aromatic carbocycles. The van der Waals surface area contributed by atoms with Crippen molar-refractivity contribution >= 4 is 40.7 Å². The number of halogens is 1. The van der Waals surface area contributed by atoms with E-state index in [-0.39, 0.29) is 0 Å². The van der Waals surface area contributed by atoms with Gasteiger partial charge in [-0.15, -0.1) is 11.3 Å². The molecule has 0 unspecified atom stereocenters. The third-order valence-electron chi connectivity index (χ3n) is 0.494. The van der Waals surface area contributed by atoms with E-state index in [1.54, 1.807) is 5.38 Å². The fraction of sp³-hybridized carbons (Fsp3) is 0. The Kier molecular flexibility index (Phi) is 1.49. The van der Waals surface area contributed by atoms with Gasteiger partial charge in [-0.05, 0) is 21.5 Å². The highest BCUT2D eigenvalue weighted by Crippen LogP contribution is 2.08. The molecule has 0 atom stereocenters. The van der Waals surface area contributed by atoms with E-state index in [0.29, 0.717) is 5.59 Å². The van der Waals surface area contributed by atoms with E-state index in [1.807, 2.05) is 0 Å². The van der Waals surface area contributed by atoms with Crippen LogP contribution >= 0.6 is 27.3 Å². The van der Waals surface area contributed by atoms with Gasteiger partial charge in [0.15, 0.2) is 3.92 Å². The van der Waals surface area contributed by atoms with Gasteiger partial charge < -0.3 is 0 Å². The predicted molar refractivity (Wildman–Crippen MR) is 35.2 cm³/mol. The van der Waals surface area contributed by atoms with Crippen molar-refractivity contribution in [1.82, 2.24) is 4.98 Å². The Bertz CT molecular complexity index is 147. The van der Waals surface area contributed by atoms with Gasteiger partial charge in [0.05, 0.1) is 0 Å². The van der Waals surface area contributed by atoms with Crippen LogP contribution in [0, 0.1) is 0 Å². The smallest absolute Gasteiger partial charge is 0.158 e. The van der Waals surface area contributed by atoms with Gasteiger partial charge in [-0.3, -0.25) is 0 Å². The first kappa shape index (κ1) is 5.31. The van der Waals surface area contributed by atoms with Gasteiger partial charge in [0.25, 0.3) is 0 Å².